The van der Waals surface area contributed by atoms with Crippen molar-refractivity contribution in [2.24, 2.45) is 17.6 Å². The first-order valence-corrected chi connectivity index (χ1v) is 8.28. The third-order valence-corrected chi connectivity index (χ3v) is 5.11. The summed E-state index contributed by atoms with van der Waals surface area (Å²) >= 11 is 0. The Bertz CT molecular complexity index is 722. The van der Waals surface area contributed by atoms with Crippen LogP contribution in [0.15, 0.2) is 60.7 Å². The Balaban J connectivity index is 1.96. The lowest BCUT2D eigenvalue weighted by Gasteiger charge is -2.30. The van der Waals surface area contributed by atoms with Crippen LogP contribution in [0.4, 0.5) is 0 Å². The Labute approximate surface area is 146 Å². The molecule has 5 nitrogen and oxygen atoms in total. The van der Waals surface area contributed by atoms with Gasteiger partial charge in [-0.25, -0.2) is 0 Å². The topological polar surface area (TPSA) is 101 Å². The normalized spacial score (nSPS) is 21.5. The molecule has 3 atom stereocenters. The molecular weight excluding hydrogens is 318 g/mol. The molecule has 0 saturated heterocycles. The van der Waals surface area contributed by atoms with Crippen LogP contribution in [0.25, 0.3) is 0 Å². The summed E-state index contributed by atoms with van der Waals surface area (Å²) in [7, 11) is 0. The molecule has 0 spiro atoms. The summed E-state index contributed by atoms with van der Waals surface area (Å²) in [6.07, 6.45) is 0.471. The zero-order valence-corrected chi connectivity index (χ0v) is 13.7. The molecule has 4 N–H and O–H groups in total. The molecule has 25 heavy (non-hydrogen) atoms. The third kappa shape index (κ3) is 3.42. The van der Waals surface area contributed by atoms with Gasteiger partial charge in [0.2, 0.25) is 0 Å². The third-order valence-electron chi connectivity index (χ3n) is 5.11. The highest BCUT2D eigenvalue weighted by atomic mass is 16.4. The number of hydrogen-bond donors (Lipinski definition) is 3. The number of rotatable bonds is 7. The van der Waals surface area contributed by atoms with E-state index in [1.165, 1.54) is 0 Å². The fourth-order valence-electron chi connectivity index (χ4n) is 3.57. The average Bonchev–Trinajstić information content (AvgIpc) is 3.42. The Hall–Kier alpha value is -2.66. The van der Waals surface area contributed by atoms with E-state index in [9.17, 15) is 19.8 Å². The highest BCUT2D eigenvalue weighted by Crippen LogP contribution is 2.49. The van der Waals surface area contributed by atoms with E-state index in [0.29, 0.717) is 6.42 Å². The maximum absolute atomic E-state index is 12.0. The Morgan fingerprint density at radius 1 is 1.00 bits per heavy atom. The Kier molecular flexibility index (Phi) is 4.59. The van der Waals surface area contributed by atoms with Crippen molar-refractivity contribution >= 4 is 11.9 Å². The summed E-state index contributed by atoms with van der Waals surface area (Å²) in [6, 6.07) is 19.2. The van der Waals surface area contributed by atoms with Crippen molar-refractivity contribution in [3.05, 3.63) is 71.8 Å². The van der Waals surface area contributed by atoms with E-state index >= 15 is 0 Å². The zero-order chi connectivity index (χ0) is 18.0. The number of carbonyl (C=O) groups is 2. The number of benzene rings is 2. The largest absolute Gasteiger partial charge is 0.481 e. The van der Waals surface area contributed by atoms with E-state index in [1.54, 1.807) is 0 Å². The molecular formula is C20H21NO4. The van der Waals surface area contributed by atoms with Crippen LogP contribution in [-0.2, 0) is 9.59 Å². The van der Waals surface area contributed by atoms with Gasteiger partial charge in [0.25, 0.3) is 0 Å². The van der Waals surface area contributed by atoms with Gasteiger partial charge in [0.15, 0.2) is 0 Å². The second-order valence-electron chi connectivity index (χ2n) is 6.71. The Morgan fingerprint density at radius 2 is 1.48 bits per heavy atom. The molecule has 5 heteroatoms. The van der Waals surface area contributed by atoms with Crippen molar-refractivity contribution in [2.45, 2.75) is 24.3 Å². The molecule has 0 heterocycles. The monoisotopic (exact) mass is 339 g/mol. The van der Waals surface area contributed by atoms with Crippen LogP contribution < -0.4 is 5.73 Å². The van der Waals surface area contributed by atoms with Gasteiger partial charge in [0.1, 0.15) is 5.54 Å². The summed E-state index contributed by atoms with van der Waals surface area (Å²) in [5.41, 5.74) is 6.66. The summed E-state index contributed by atoms with van der Waals surface area (Å²) in [4.78, 5) is 23.2. The predicted molar refractivity (Wildman–Crippen MR) is 93.1 cm³/mol. The van der Waals surface area contributed by atoms with E-state index in [4.69, 9.17) is 5.73 Å². The van der Waals surface area contributed by atoms with E-state index in [-0.39, 0.29) is 12.3 Å². The van der Waals surface area contributed by atoms with Crippen LogP contribution in [-0.4, -0.2) is 27.7 Å². The number of hydrogen-bond acceptors (Lipinski definition) is 3. The van der Waals surface area contributed by atoms with Crippen molar-refractivity contribution in [3.8, 4) is 0 Å². The molecule has 130 valence electrons. The molecule has 2 aromatic rings. The smallest absolute Gasteiger partial charge is 0.324 e. The minimum Gasteiger partial charge on any atom is -0.481 e. The lowest BCUT2D eigenvalue weighted by Crippen LogP contribution is -2.52. The minimum absolute atomic E-state index is 0.158. The van der Waals surface area contributed by atoms with E-state index < -0.39 is 29.3 Å². The van der Waals surface area contributed by atoms with Crippen LogP contribution >= 0.6 is 0 Å². The lowest BCUT2D eigenvalue weighted by molar-refractivity contribution is -0.145. The van der Waals surface area contributed by atoms with Crippen LogP contribution in [0.5, 0.6) is 0 Å². The summed E-state index contributed by atoms with van der Waals surface area (Å²) < 4.78 is 0. The highest BCUT2D eigenvalue weighted by Gasteiger charge is 2.58. The molecule has 1 fully saturated rings. The fraction of sp³-hybridized carbons (Fsp3) is 0.300. The first kappa shape index (κ1) is 17.2. The second-order valence-corrected chi connectivity index (χ2v) is 6.71. The molecule has 0 radical (unpaired) electrons. The van der Waals surface area contributed by atoms with Crippen LogP contribution in [0.2, 0.25) is 0 Å². The van der Waals surface area contributed by atoms with Gasteiger partial charge in [-0.1, -0.05) is 60.7 Å². The number of carboxylic acids is 2. The molecule has 1 aliphatic carbocycles. The van der Waals surface area contributed by atoms with E-state index in [0.717, 1.165) is 11.1 Å². The van der Waals surface area contributed by atoms with Crippen LogP contribution in [0.1, 0.15) is 29.9 Å². The molecule has 1 aliphatic rings. The minimum atomic E-state index is -1.57. The summed E-state index contributed by atoms with van der Waals surface area (Å²) in [5, 5.41) is 19.0. The Morgan fingerprint density at radius 3 is 1.84 bits per heavy atom. The van der Waals surface area contributed by atoms with Gasteiger partial charge >= 0.3 is 11.9 Å². The molecule has 2 aromatic carbocycles. The quantitative estimate of drug-likeness (QED) is 0.720. The standard InChI is InChI=1S/C20H21NO4/c21-20(19(24)25,17-11-15(17)18(22)23)12-16(13-7-3-1-4-8-13)14-9-5-2-6-10-14/h1-10,15-17H,11-12,21H2,(H,22,23)(H,24,25)/t15-,17-,20?/m1/s1. The maximum atomic E-state index is 12.0. The van der Waals surface area contributed by atoms with Crippen molar-refractivity contribution < 1.29 is 19.8 Å². The SMILES string of the molecule is NC(CC(c1ccccc1)c1ccccc1)(C(=O)O)[C@@H]1C[C@H]1C(=O)O. The molecule has 0 amide bonds. The highest BCUT2D eigenvalue weighted by molar-refractivity contribution is 5.83. The summed E-state index contributed by atoms with van der Waals surface area (Å²) in [5.74, 6) is -3.54. The first-order chi connectivity index (χ1) is 11.9. The van der Waals surface area contributed by atoms with Crippen LogP contribution in [0.3, 0.4) is 0 Å². The van der Waals surface area contributed by atoms with E-state index in [1.807, 2.05) is 60.7 Å². The van der Waals surface area contributed by atoms with Gasteiger partial charge in [-0.2, -0.15) is 0 Å². The van der Waals surface area contributed by atoms with Crippen molar-refractivity contribution in [1.82, 2.24) is 0 Å². The summed E-state index contributed by atoms with van der Waals surface area (Å²) in [6.45, 7) is 0. The van der Waals surface area contributed by atoms with Gasteiger partial charge in [0.05, 0.1) is 5.92 Å². The predicted octanol–water partition coefficient (Wildman–Crippen LogP) is 2.71. The van der Waals surface area contributed by atoms with Gasteiger partial charge in [0, 0.05) is 11.8 Å². The van der Waals surface area contributed by atoms with Gasteiger partial charge in [-0.15, -0.1) is 0 Å². The van der Waals surface area contributed by atoms with Gasteiger partial charge < -0.3 is 15.9 Å². The number of aliphatic carboxylic acids is 2. The maximum Gasteiger partial charge on any atom is 0.324 e. The van der Waals surface area contributed by atoms with Crippen molar-refractivity contribution in [3.63, 3.8) is 0 Å². The molecule has 0 aromatic heterocycles. The van der Waals surface area contributed by atoms with Crippen LogP contribution in [0, 0.1) is 11.8 Å². The first-order valence-electron chi connectivity index (χ1n) is 8.28. The number of nitrogens with two attached hydrogens (primary N) is 1. The van der Waals surface area contributed by atoms with Gasteiger partial charge in [-0.3, -0.25) is 9.59 Å². The van der Waals surface area contributed by atoms with Crippen molar-refractivity contribution in [2.75, 3.05) is 0 Å². The molecule has 1 unspecified atom stereocenters. The molecule has 3 rings (SSSR count). The lowest BCUT2D eigenvalue weighted by atomic mass is 9.77. The molecule has 1 saturated carbocycles. The average molecular weight is 339 g/mol. The molecule has 0 bridgehead atoms. The number of carboxylic acid groups (broad SMARTS) is 2. The molecule has 0 aliphatic heterocycles. The fourth-order valence-corrected chi connectivity index (χ4v) is 3.57. The second kappa shape index (κ2) is 6.69. The van der Waals surface area contributed by atoms with Crippen molar-refractivity contribution in [1.29, 1.82) is 0 Å². The van der Waals surface area contributed by atoms with E-state index in [2.05, 4.69) is 0 Å². The van der Waals surface area contributed by atoms with Gasteiger partial charge in [-0.05, 0) is 24.0 Å². The zero-order valence-electron chi connectivity index (χ0n) is 13.7.